The molecule has 0 bridgehead atoms. The molecule has 0 atom stereocenters. The van der Waals surface area contributed by atoms with E-state index in [1.807, 2.05) is 0 Å². The number of carbonyl (C=O) groups excluding carboxylic acids is 2. The lowest BCUT2D eigenvalue weighted by Gasteiger charge is -2.18. The van der Waals surface area contributed by atoms with Gasteiger partial charge in [0.1, 0.15) is 10.5 Å². The summed E-state index contributed by atoms with van der Waals surface area (Å²) in [5.74, 6) is -0.413. The van der Waals surface area contributed by atoms with Crippen LogP contribution in [0, 0.1) is 0 Å². The smallest absolute Gasteiger partial charge is 0.435 e. The van der Waals surface area contributed by atoms with Crippen molar-refractivity contribution in [1.29, 1.82) is 0 Å². The maximum absolute atomic E-state index is 12.0. The van der Waals surface area contributed by atoms with Gasteiger partial charge in [-0.2, -0.15) is 9.78 Å². The number of methoxy groups -OCH3 is 1. The molecule has 2 aromatic rings. The molecule has 0 aliphatic rings. The number of nitrogens with zero attached hydrogens (tertiary/aromatic N) is 2. The van der Waals surface area contributed by atoms with Crippen molar-refractivity contribution < 1.29 is 19.1 Å². The Morgan fingerprint density at radius 2 is 2.09 bits per heavy atom. The second-order valence-corrected chi connectivity index (χ2v) is 6.82. The average Bonchev–Trinajstić information content (AvgIpc) is 3.10. The van der Waals surface area contributed by atoms with Crippen LogP contribution in [-0.4, -0.2) is 34.6 Å². The first kappa shape index (κ1) is 17.0. The fourth-order valence-corrected chi connectivity index (χ4v) is 2.80. The Morgan fingerprint density at radius 1 is 1.39 bits per heavy atom. The minimum absolute atomic E-state index is 0.413. The van der Waals surface area contributed by atoms with Crippen molar-refractivity contribution in [1.82, 2.24) is 9.78 Å². The van der Waals surface area contributed by atoms with Crippen LogP contribution in [0.5, 0.6) is 0 Å². The molecule has 0 radical (unpaired) electrons. The molecule has 0 saturated carbocycles. The van der Waals surface area contributed by atoms with Gasteiger partial charge in [-0.25, -0.2) is 9.59 Å². The third kappa shape index (κ3) is 3.87. The number of hydrogen-bond acceptors (Lipinski definition) is 6. The molecule has 6 nitrogen and oxygen atoms in total. The van der Waals surface area contributed by atoms with Gasteiger partial charge in [0.25, 0.3) is 0 Å². The molecule has 0 fully saturated rings. The van der Waals surface area contributed by atoms with Crippen molar-refractivity contribution in [3.8, 4) is 11.1 Å². The van der Waals surface area contributed by atoms with Gasteiger partial charge in [-0.1, -0.05) is 12.7 Å². The van der Waals surface area contributed by atoms with Crippen LogP contribution in [-0.2, 0) is 9.47 Å². The molecular weight excluding hydrogens is 316 g/mol. The molecule has 2 aromatic heterocycles. The van der Waals surface area contributed by atoms with E-state index in [-0.39, 0.29) is 0 Å². The van der Waals surface area contributed by atoms with E-state index in [0.29, 0.717) is 10.4 Å². The molecule has 0 aliphatic heterocycles. The average molecular weight is 334 g/mol. The Hall–Kier alpha value is -2.41. The SMILES string of the molecule is C=Cc1sc(C(=O)OC)cc1-c1cnn(C(=O)OC(C)(C)C)c1. The monoisotopic (exact) mass is 334 g/mol. The first-order valence-electron chi connectivity index (χ1n) is 6.88. The highest BCUT2D eigenvalue weighted by atomic mass is 32.1. The van der Waals surface area contributed by atoms with E-state index in [4.69, 9.17) is 9.47 Å². The van der Waals surface area contributed by atoms with Crippen LogP contribution < -0.4 is 0 Å². The van der Waals surface area contributed by atoms with Crippen LogP contribution in [0.1, 0.15) is 35.3 Å². The van der Waals surface area contributed by atoms with E-state index >= 15 is 0 Å². The predicted molar refractivity (Wildman–Crippen MR) is 88.6 cm³/mol. The number of rotatable bonds is 3. The fourth-order valence-electron chi connectivity index (χ4n) is 1.85. The quantitative estimate of drug-likeness (QED) is 0.798. The van der Waals surface area contributed by atoms with Crippen molar-refractivity contribution in [3.63, 3.8) is 0 Å². The van der Waals surface area contributed by atoms with E-state index < -0.39 is 17.7 Å². The molecule has 0 amide bonds. The molecule has 7 heteroatoms. The lowest BCUT2D eigenvalue weighted by Crippen LogP contribution is -2.27. The van der Waals surface area contributed by atoms with E-state index in [1.54, 1.807) is 45.3 Å². The Kier molecular flexibility index (Phi) is 4.70. The molecule has 122 valence electrons. The van der Waals surface area contributed by atoms with Gasteiger partial charge in [0.2, 0.25) is 0 Å². The zero-order chi connectivity index (χ0) is 17.2. The highest BCUT2D eigenvalue weighted by Gasteiger charge is 2.20. The van der Waals surface area contributed by atoms with Crippen molar-refractivity contribution in [2.75, 3.05) is 7.11 Å². The predicted octanol–water partition coefficient (Wildman–Crippen LogP) is 3.82. The number of hydrogen-bond donors (Lipinski definition) is 0. The molecule has 0 unspecified atom stereocenters. The Balaban J connectivity index is 2.33. The fraction of sp³-hybridized carbons (Fsp3) is 0.312. The molecule has 2 rings (SSSR count). The second kappa shape index (κ2) is 6.37. The third-order valence-electron chi connectivity index (χ3n) is 2.81. The molecule has 0 aromatic carbocycles. The Bertz CT molecular complexity index is 752. The van der Waals surface area contributed by atoms with Gasteiger partial charge in [-0.3, -0.25) is 0 Å². The summed E-state index contributed by atoms with van der Waals surface area (Å²) in [5.41, 5.74) is 0.855. The summed E-state index contributed by atoms with van der Waals surface area (Å²) in [6, 6.07) is 1.70. The van der Waals surface area contributed by atoms with Gasteiger partial charge in [0.05, 0.1) is 13.3 Å². The van der Waals surface area contributed by atoms with Gasteiger partial charge < -0.3 is 9.47 Å². The summed E-state index contributed by atoms with van der Waals surface area (Å²) in [4.78, 5) is 24.9. The van der Waals surface area contributed by atoms with Crippen molar-refractivity contribution in [3.05, 3.63) is 34.8 Å². The number of ether oxygens (including phenoxy) is 2. The standard InChI is InChI=1S/C16H18N2O4S/c1-6-12-11(7-13(23-12)14(19)21-5)10-8-17-18(9-10)15(20)22-16(2,3)4/h6-9H,1H2,2-5H3. The lowest BCUT2D eigenvalue weighted by atomic mass is 10.1. The topological polar surface area (TPSA) is 70.4 Å². The molecule has 0 aliphatic carbocycles. The summed E-state index contributed by atoms with van der Waals surface area (Å²) >= 11 is 1.27. The van der Waals surface area contributed by atoms with Crippen molar-refractivity contribution >= 4 is 29.5 Å². The van der Waals surface area contributed by atoms with Crippen LogP contribution in [0.15, 0.2) is 25.0 Å². The molecular formula is C16H18N2O4S. The normalized spacial score (nSPS) is 11.1. The van der Waals surface area contributed by atoms with Gasteiger partial charge in [-0.05, 0) is 26.8 Å². The highest BCUT2D eigenvalue weighted by Crippen LogP contribution is 2.32. The summed E-state index contributed by atoms with van der Waals surface area (Å²) in [6.45, 7) is 9.10. The van der Waals surface area contributed by atoms with Crippen LogP contribution in [0.3, 0.4) is 0 Å². The lowest BCUT2D eigenvalue weighted by molar-refractivity contribution is 0.0513. The molecule has 0 saturated heterocycles. The van der Waals surface area contributed by atoms with Gasteiger partial charge in [0.15, 0.2) is 0 Å². The molecule has 0 N–H and O–H groups in total. The summed E-state index contributed by atoms with van der Waals surface area (Å²) in [5, 5.41) is 4.02. The number of thiophene rings is 1. The number of carbonyl (C=O) groups is 2. The van der Waals surface area contributed by atoms with Gasteiger partial charge in [-0.15, -0.1) is 11.3 Å². The van der Waals surface area contributed by atoms with E-state index in [0.717, 1.165) is 15.1 Å². The summed E-state index contributed by atoms with van der Waals surface area (Å²) < 4.78 is 11.1. The molecule has 23 heavy (non-hydrogen) atoms. The first-order chi connectivity index (χ1) is 10.7. The van der Waals surface area contributed by atoms with Crippen molar-refractivity contribution in [2.24, 2.45) is 0 Å². The Morgan fingerprint density at radius 3 is 2.65 bits per heavy atom. The molecule has 2 heterocycles. The largest absolute Gasteiger partial charge is 0.465 e. The minimum Gasteiger partial charge on any atom is -0.465 e. The van der Waals surface area contributed by atoms with Crippen LogP contribution in [0.2, 0.25) is 0 Å². The van der Waals surface area contributed by atoms with Crippen LogP contribution in [0.25, 0.3) is 17.2 Å². The van der Waals surface area contributed by atoms with E-state index in [9.17, 15) is 9.59 Å². The summed E-state index contributed by atoms with van der Waals surface area (Å²) in [6.07, 6.45) is 4.19. The Labute approximate surface area is 138 Å². The third-order valence-corrected chi connectivity index (χ3v) is 3.92. The van der Waals surface area contributed by atoms with Gasteiger partial charge in [0, 0.05) is 22.2 Å². The van der Waals surface area contributed by atoms with Gasteiger partial charge >= 0.3 is 12.1 Å². The zero-order valence-corrected chi connectivity index (χ0v) is 14.3. The van der Waals surface area contributed by atoms with Crippen LogP contribution in [0.4, 0.5) is 4.79 Å². The maximum Gasteiger partial charge on any atom is 0.435 e. The second-order valence-electron chi connectivity index (χ2n) is 5.74. The van der Waals surface area contributed by atoms with Crippen molar-refractivity contribution in [2.45, 2.75) is 26.4 Å². The minimum atomic E-state index is -0.601. The van der Waals surface area contributed by atoms with E-state index in [2.05, 4.69) is 11.7 Å². The number of esters is 1. The zero-order valence-electron chi connectivity index (χ0n) is 13.5. The maximum atomic E-state index is 12.0. The summed E-state index contributed by atoms with van der Waals surface area (Å²) in [7, 11) is 1.33. The van der Waals surface area contributed by atoms with Crippen LogP contribution >= 0.6 is 11.3 Å². The van der Waals surface area contributed by atoms with E-state index in [1.165, 1.54) is 18.4 Å². The first-order valence-corrected chi connectivity index (χ1v) is 7.70. The highest BCUT2D eigenvalue weighted by molar-refractivity contribution is 7.15. The number of aromatic nitrogens is 2. The molecule has 0 spiro atoms.